The van der Waals surface area contributed by atoms with Crippen molar-refractivity contribution in [1.29, 1.82) is 0 Å². The number of nitrogens with two attached hydrogens (primary N) is 1. The highest BCUT2D eigenvalue weighted by atomic mass is 16.2. The summed E-state index contributed by atoms with van der Waals surface area (Å²) < 4.78 is 0. The number of benzene rings is 2. The molecule has 0 aliphatic carbocycles. The van der Waals surface area contributed by atoms with Gasteiger partial charge in [0.25, 0.3) is 0 Å². The lowest BCUT2D eigenvalue weighted by molar-refractivity contribution is -0.117. The Kier molecular flexibility index (Phi) is 5.73. The van der Waals surface area contributed by atoms with E-state index in [1.54, 1.807) is 0 Å². The van der Waals surface area contributed by atoms with Crippen LogP contribution < -0.4 is 11.1 Å². The molecule has 1 amide bonds. The quantitative estimate of drug-likeness (QED) is 0.856. The molecule has 0 aliphatic heterocycles. The average molecular weight is 296 g/mol. The highest BCUT2D eigenvalue weighted by molar-refractivity contribution is 5.95. The molecule has 0 radical (unpaired) electrons. The van der Waals surface area contributed by atoms with Gasteiger partial charge in [-0.1, -0.05) is 62.4 Å². The normalized spacial score (nSPS) is 12.2. The van der Waals surface area contributed by atoms with Crippen molar-refractivity contribution >= 4 is 11.6 Å². The number of rotatable bonds is 6. The lowest BCUT2D eigenvalue weighted by atomic mass is 10.0. The van der Waals surface area contributed by atoms with Crippen LogP contribution in [0.5, 0.6) is 0 Å². The summed E-state index contributed by atoms with van der Waals surface area (Å²) in [4.78, 5) is 12.2. The zero-order chi connectivity index (χ0) is 15.9. The molecule has 22 heavy (non-hydrogen) atoms. The van der Waals surface area contributed by atoms with E-state index in [0.29, 0.717) is 12.3 Å². The Morgan fingerprint density at radius 3 is 2.36 bits per heavy atom. The van der Waals surface area contributed by atoms with Crippen molar-refractivity contribution in [3.8, 4) is 0 Å². The Balaban J connectivity index is 2.10. The third-order valence-corrected chi connectivity index (χ3v) is 3.57. The van der Waals surface area contributed by atoms with Crippen LogP contribution in [-0.4, -0.2) is 11.9 Å². The van der Waals surface area contributed by atoms with E-state index in [2.05, 4.69) is 31.3 Å². The first kappa shape index (κ1) is 16.2. The van der Waals surface area contributed by atoms with Crippen molar-refractivity contribution in [2.45, 2.75) is 32.7 Å². The van der Waals surface area contributed by atoms with Gasteiger partial charge in [-0.3, -0.25) is 4.79 Å². The minimum Gasteiger partial charge on any atom is -0.324 e. The summed E-state index contributed by atoms with van der Waals surface area (Å²) in [6, 6.07) is 17.6. The number of hydrogen-bond donors (Lipinski definition) is 2. The largest absolute Gasteiger partial charge is 0.324 e. The molecule has 3 N–H and O–H groups in total. The molecule has 2 aromatic rings. The highest BCUT2D eigenvalue weighted by Gasteiger charge is 2.16. The van der Waals surface area contributed by atoms with Crippen LogP contribution in [0, 0.1) is 5.92 Å². The Bertz CT molecular complexity index is 608. The van der Waals surface area contributed by atoms with Crippen LogP contribution in [0.4, 0.5) is 5.69 Å². The van der Waals surface area contributed by atoms with Crippen LogP contribution in [0.15, 0.2) is 54.6 Å². The fourth-order valence-corrected chi connectivity index (χ4v) is 2.45. The molecule has 0 spiro atoms. The molecule has 1 unspecified atom stereocenters. The molecule has 0 bridgehead atoms. The molecule has 3 heteroatoms. The van der Waals surface area contributed by atoms with Crippen molar-refractivity contribution < 1.29 is 4.79 Å². The van der Waals surface area contributed by atoms with Crippen molar-refractivity contribution in [3.63, 3.8) is 0 Å². The molecule has 0 saturated carbocycles. The van der Waals surface area contributed by atoms with Crippen LogP contribution in [0.1, 0.15) is 31.4 Å². The average Bonchev–Trinajstić information content (AvgIpc) is 2.49. The second-order valence-corrected chi connectivity index (χ2v) is 6.04. The number of amides is 1. The minimum atomic E-state index is -0.468. The fraction of sp³-hybridized carbons (Fsp3) is 0.316. The predicted octanol–water partition coefficient (Wildman–Crippen LogP) is 3.59. The van der Waals surface area contributed by atoms with Gasteiger partial charge < -0.3 is 11.1 Å². The van der Waals surface area contributed by atoms with Crippen molar-refractivity contribution in [1.82, 2.24) is 0 Å². The lowest BCUT2D eigenvalue weighted by Crippen LogP contribution is -2.36. The SMILES string of the molecule is CC(C)CC(N)C(=O)Nc1ccccc1Cc1ccccc1. The van der Waals surface area contributed by atoms with Crippen molar-refractivity contribution in [2.75, 3.05) is 5.32 Å². The molecule has 116 valence electrons. The molecule has 2 aromatic carbocycles. The predicted molar refractivity (Wildman–Crippen MR) is 91.8 cm³/mol. The van der Waals surface area contributed by atoms with E-state index in [1.807, 2.05) is 42.5 Å². The molecule has 3 nitrogen and oxygen atoms in total. The molecule has 0 aromatic heterocycles. The van der Waals surface area contributed by atoms with E-state index >= 15 is 0 Å². The summed E-state index contributed by atoms with van der Waals surface area (Å²) in [5.41, 5.74) is 9.11. The number of carbonyl (C=O) groups is 1. The van der Waals surface area contributed by atoms with E-state index in [1.165, 1.54) is 5.56 Å². The smallest absolute Gasteiger partial charge is 0.241 e. The fourth-order valence-electron chi connectivity index (χ4n) is 2.45. The maximum atomic E-state index is 12.2. The topological polar surface area (TPSA) is 55.1 Å². The van der Waals surface area contributed by atoms with Gasteiger partial charge >= 0.3 is 0 Å². The molecule has 0 saturated heterocycles. The first-order valence-corrected chi connectivity index (χ1v) is 7.74. The van der Waals surface area contributed by atoms with Gasteiger partial charge in [-0.25, -0.2) is 0 Å². The Morgan fingerprint density at radius 2 is 1.68 bits per heavy atom. The Hall–Kier alpha value is -2.13. The Morgan fingerprint density at radius 1 is 1.05 bits per heavy atom. The number of anilines is 1. The van der Waals surface area contributed by atoms with E-state index in [4.69, 9.17) is 5.73 Å². The maximum absolute atomic E-state index is 12.2. The van der Waals surface area contributed by atoms with Gasteiger partial charge in [-0.15, -0.1) is 0 Å². The summed E-state index contributed by atoms with van der Waals surface area (Å²) in [6.07, 6.45) is 1.48. The second-order valence-electron chi connectivity index (χ2n) is 6.04. The first-order chi connectivity index (χ1) is 10.6. The standard InChI is InChI=1S/C19H24N2O/c1-14(2)12-17(20)19(22)21-18-11-7-6-10-16(18)13-15-8-4-3-5-9-15/h3-11,14,17H,12-13,20H2,1-2H3,(H,21,22). The van der Waals surface area contributed by atoms with Crippen molar-refractivity contribution in [2.24, 2.45) is 11.7 Å². The second kappa shape index (κ2) is 7.76. The number of carbonyl (C=O) groups excluding carboxylic acids is 1. The maximum Gasteiger partial charge on any atom is 0.241 e. The van der Waals surface area contributed by atoms with E-state index < -0.39 is 6.04 Å². The highest BCUT2D eigenvalue weighted by Crippen LogP contribution is 2.19. The summed E-state index contributed by atoms with van der Waals surface area (Å²) in [5.74, 6) is 0.287. The van der Waals surface area contributed by atoms with Gasteiger partial charge in [0.2, 0.25) is 5.91 Å². The van der Waals surface area contributed by atoms with Crippen LogP contribution in [0.25, 0.3) is 0 Å². The summed E-state index contributed by atoms with van der Waals surface area (Å²) in [6.45, 7) is 4.13. The molecule has 1 atom stereocenters. The van der Waals surface area contributed by atoms with E-state index in [0.717, 1.165) is 17.7 Å². The minimum absolute atomic E-state index is 0.116. The van der Waals surface area contributed by atoms with Gasteiger partial charge in [-0.2, -0.15) is 0 Å². The zero-order valence-electron chi connectivity index (χ0n) is 13.3. The lowest BCUT2D eigenvalue weighted by Gasteiger charge is -2.16. The summed E-state index contributed by atoms with van der Waals surface area (Å²) in [7, 11) is 0. The van der Waals surface area contributed by atoms with Gasteiger partial charge in [0.05, 0.1) is 6.04 Å². The summed E-state index contributed by atoms with van der Waals surface area (Å²) in [5, 5.41) is 2.97. The Labute approximate surface area is 132 Å². The molecule has 2 rings (SSSR count). The third kappa shape index (κ3) is 4.71. The first-order valence-electron chi connectivity index (χ1n) is 7.74. The number of nitrogens with one attached hydrogen (secondary N) is 1. The molecule has 0 heterocycles. The number of hydrogen-bond acceptors (Lipinski definition) is 2. The van der Waals surface area contributed by atoms with Crippen LogP contribution in [-0.2, 0) is 11.2 Å². The van der Waals surface area contributed by atoms with Crippen LogP contribution in [0.2, 0.25) is 0 Å². The molecular weight excluding hydrogens is 272 g/mol. The van der Waals surface area contributed by atoms with Gasteiger partial charge in [0.15, 0.2) is 0 Å². The van der Waals surface area contributed by atoms with Gasteiger partial charge in [0, 0.05) is 5.69 Å². The zero-order valence-corrected chi connectivity index (χ0v) is 13.3. The molecule has 0 fully saturated rings. The van der Waals surface area contributed by atoms with Gasteiger partial charge in [0.1, 0.15) is 0 Å². The third-order valence-electron chi connectivity index (χ3n) is 3.57. The van der Waals surface area contributed by atoms with E-state index in [-0.39, 0.29) is 5.91 Å². The van der Waals surface area contributed by atoms with Crippen LogP contribution in [0.3, 0.4) is 0 Å². The summed E-state index contributed by atoms with van der Waals surface area (Å²) >= 11 is 0. The molecule has 0 aliphatic rings. The van der Waals surface area contributed by atoms with Crippen molar-refractivity contribution in [3.05, 3.63) is 65.7 Å². The van der Waals surface area contributed by atoms with Gasteiger partial charge in [-0.05, 0) is 36.0 Å². The molecular formula is C19H24N2O. The van der Waals surface area contributed by atoms with Crippen LogP contribution >= 0.6 is 0 Å². The van der Waals surface area contributed by atoms with E-state index in [9.17, 15) is 4.79 Å². The monoisotopic (exact) mass is 296 g/mol. The number of para-hydroxylation sites is 1.